The molecule has 0 radical (unpaired) electrons. The van der Waals surface area contributed by atoms with Crippen LogP contribution < -0.4 is 0 Å². The second-order valence-electron chi connectivity index (χ2n) is 6.78. The molecule has 0 saturated heterocycles. The van der Waals surface area contributed by atoms with Crippen molar-refractivity contribution < 1.29 is 14.4 Å². The number of rotatable bonds is 8. The number of ether oxygens (including phenoxy) is 2. The Hall–Kier alpha value is -2.19. The van der Waals surface area contributed by atoms with Crippen LogP contribution in [0.25, 0.3) is 16.7 Å². The van der Waals surface area contributed by atoms with Crippen molar-refractivity contribution in [2.45, 2.75) is 32.4 Å². The highest BCUT2D eigenvalue weighted by molar-refractivity contribution is 6.76. The Morgan fingerprint density at radius 2 is 2.12 bits per heavy atom. The fourth-order valence-corrected chi connectivity index (χ4v) is 2.97. The van der Waals surface area contributed by atoms with Crippen LogP contribution in [0.2, 0.25) is 25.7 Å². The highest BCUT2D eigenvalue weighted by atomic mass is 28.3. The Kier molecular flexibility index (Phi) is 5.40. The number of methoxy groups -OCH3 is 1. The van der Waals surface area contributed by atoms with Gasteiger partial charge in [-0.3, -0.25) is 10.1 Å². The van der Waals surface area contributed by atoms with Gasteiger partial charge in [-0.25, -0.2) is 4.68 Å². The normalized spacial score (nSPS) is 11.7. The van der Waals surface area contributed by atoms with E-state index in [9.17, 15) is 10.1 Å². The van der Waals surface area contributed by atoms with E-state index in [0.717, 1.165) is 11.6 Å². The van der Waals surface area contributed by atoms with E-state index in [1.165, 1.54) is 19.2 Å². The molecule has 0 atom stereocenters. The van der Waals surface area contributed by atoms with Crippen molar-refractivity contribution in [3.8, 4) is 0 Å². The molecule has 8 heteroatoms. The van der Waals surface area contributed by atoms with Gasteiger partial charge in [0.05, 0.1) is 17.5 Å². The Morgan fingerprint density at radius 3 is 2.71 bits per heavy atom. The maximum absolute atomic E-state index is 11.0. The zero-order valence-electron chi connectivity index (χ0n) is 14.5. The summed E-state index contributed by atoms with van der Waals surface area (Å²) in [4.78, 5) is 10.6. The average Bonchev–Trinajstić information content (AvgIpc) is 2.88. The fourth-order valence-electron chi connectivity index (χ4n) is 2.21. The van der Waals surface area contributed by atoms with Crippen molar-refractivity contribution in [3.05, 3.63) is 40.6 Å². The van der Waals surface area contributed by atoms with Crippen LogP contribution in [0.3, 0.4) is 0 Å². The third kappa shape index (κ3) is 4.21. The topological polar surface area (TPSA) is 79.4 Å². The molecule has 24 heavy (non-hydrogen) atoms. The van der Waals surface area contributed by atoms with Crippen molar-refractivity contribution in [2.24, 2.45) is 0 Å². The highest BCUT2D eigenvalue weighted by Crippen LogP contribution is 2.28. The standard InChI is InChI=1S/C16H23N3O4Si/c1-12(22-2)16-14-10-13(19(20)21)6-7-15(14)18(17-16)11-23-8-9-24(3,4)5/h6-7,10H,1,8-9,11H2,2-5H3. The van der Waals surface area contributed by atoms with Gasteiger partial charge in [0.25, 0.3) is 5.69 Å². The highest BCUT2D eigenvalue weighted by Gasteiger charge is 2.18. The lowest BCUT2D eigenvalue weighted by molar-refractivity contribution is -0.384. The average molecular weight is 349 g/mol. The van der Waals surface area contributed by atoms with Gasteiger partial charge in [0, 0.05) is 32.2 Å². The van der Waals surface area contributed by atoms with Gasteiger partial charge < -0.3 is 9.47 Å². The summed E-state index contributed by atoms with van der Waals surface area (Å²) >= 11 is 0. The zero-order valence-corrected chi connectivity index (χ0v) is 15.5. The Bertz CT molecular complexity index is 765. The molecule has 0 N–H and O–H groups in total. The second-order valence-corrected chi connectivity index (χ2v) is 12.4. The fraction of sp³-hybridized carbons (Fsp3) is 0.438. The minimum atomic E-state index is -1.15. The van der Waals surface area contributed by atoms with Crippen molar-refractivity contribution in [1.82, 2.24) is 9.78 Å². The van der Waals surface area contributed by atoms with Crippen LogP contribution >= 0.6 is 0 Å². The van der Waals surface area contributed by atoms with Crippen molar-refractivity contribution in [3.63, 3.8) is 0 Å². The number of hydrogen-bond acceptors (Lipinski definition) is 5. The third-order valence-electron chi connectivity index (χ3n) is 3.67. The number of fused-ring (bicyclic) bond motifs is 1. The zero-order chi connectivity index (χ0) is 17.9. The number of nitro benzene ring substituents is 1. The predicted octanol–water partition coefficient (Wildman–Crippen LogP) is 3.87. The lowest BCUT2D eigenvalue weighted by atomic mass is 10.2. The number of nitrogens with zero attached hydrogens (tertiary/aromatic N) is 3. The van der Waals surface area contributed by atoms with Gasteiger partial charge in [-0.15, -0.1) is 0 Å². The predicted molar refractivity (Wildman–Crippen MR) is 96.5 cm³/mol. The van der Waals surface area contributed by atoms with Crippen LogP contribution in [-0.4, -0.2) is 36.5 Å². The van der Waals surface area contributed by atoms with Gasteiger partial charge in [-0.05, 0) is 12.1 Å². The van der Waals surface area contributed by atoms with Crippen LogP contribution in [-0.2, 0) is 16.2 Å². The van der Waals surface area contributed by atoms with Gasteiger partial charge >= 0.3 is 0 Å². The molecule has 0 spiro atoms. The molecule has 2 aromatic rings. The number of non-ortho nitro benzene ring substituents is 1. The molecule has 0 unspecified atom stereocenters. The van der Waals surface area contributed by atoms with Crippen LogP contribution in [0.1, 0.15) is 5.69 Å². The van der Waals surface area contributed by atoms with E-state index in [1.807, 2.05) is 0 Å². The first-order valence-electron chi connectivity index (χ1n) is 7.69. The van der Waals surface area contributed by atoms with Crippen molar-refractivity contribution in [1.29, 1.82) is 0 Å². The Labute approximate surface area is 142 Å². The quantitative estimate of drug-likeness (QED) is 0.238. The van der Waals surface area contributed by atoms with Gasteiger partial charge in [0.2, 0.25) is 0 Å². The monoisotopic (exact) mass is 349 g/mol. The molecular formula is C16H23N3O4Si. The van der Waals surface area contributed by atoms with E-state index >= 15 is 0 Å². The molecule has 1 heterocycles. The maximum atomic E-state index is 11.0. The molecule has 1 aromatic heterocycles. The molecule has 1 aromatic carbocycles. The van der Waals surface area contributed by atoms with Crippen LogP contribution in [0.4, 0.5) is 5.69 Å². The molecule has 0 aliphatic heterocycles. The molecule has 0 aliphatic rings. The van der Waals surface area contributed by atoms with E-state index in [2.05, 4.69) is 31.3 Å². The van der Waals surface area contributed by atoms with Crippen LogP contribution in [0.5, 0.6) is 0 Å². The van der Waals surface area contributed by atoms with Crippen LogP contribution in [0, 0.1) is 10.1 Å². The summed E-state index contributed by atoms with van der Waals surface area (Å²) in [5.41, 5.74) is 1.25. The van der Waals surface area contributed by atoms with E-state index in [-0.39, 0.29) is 12.4 Å². The molecule has 7 nitrogen and oxygen atoms in total. The molecule has 0 saturated carbocycles. The summed E-state index contributed by atoms with van der Waals surface area (Å²) in [6.07, 6.45) is 0. The summed E-state index contributed by atoms with van der Waals surface area (Å²) in [6.45, 7) is 11.6. The van der Waals surface area contributed by atoms with Gasteiger partial charge in [-0.2, -0.15) is 5.10 Å². The van der Waals surface area contributed by atoms with Gasteiger partial charge in [0.15, 0.2) is 0 Å². The molecule has 0 aliphatic carbocycles. The first kappa shape index (κ1) is 18.1. The molecule has 130 valence electrons. The van der Waals surface area contributed by atoms with E-state index in [4.69, 9.17) is 9.47 Å². The number of benzene rings is 1. The van der Waals surface area contributed by atoms with Gasteiger partial charge in [-0.1, -0.05) is 26.2 Å². The summed E-state index contributed by atoms with van der Waals surface area (Å²) < 4.78 is 12.6. The summed E-state index contributed by atoms with van der Waals surface area (Å²) in [5.74, 6) is 0.362. The molecule has 2 rings (SSSR count). The molecule has 0 amide bonds. The van der Waals surface area contributed by atoms with Crippen molar-refractivity contribution in [2.75, 3.05) is 13.7 Å². The molecule has 0 bridgehead atoms. The Balaban J connectivity index is 2.30. The van der Waals surface area contributed by atoms with Crippen molar-refractivity contribution >= 4 is 30.4 Å². The van der Waals surface area contributed by atoms with Gasteiger partial charge in [0.1, 0.15) is 18.2 Å². The van der Waals surface area contributed by atoms with E-state index in [1.54, 1.807) is 10.7 Å². The molecule has 0 fully saturated rings. The third-order valence-corrected chi connectivity index (χ3v) is 5.37. The second kappa shape index (κ2) is 7.14. The van der Waals surface area contributed by atoms with E-state index in [0.29, 0.717) is 23.4 Å². The molecular weight excluding hydrogens is 326 g/mol. The first-order chi connectivity index (χ1) is 11.2. The summed E-state index contributed by atoms with van der Waals surface area (Å²) in [6, 6.07) is 5.69. The minimum Gasteiger partial charge on any atom is -0.495 e. The summed E-state index contributed by atoms with van der Waals surface area (Å²) in [7, 11) is 0.344. The lowest BCUT2D eigenvalue weighted by Gasteiger charge is -2.15. The smallest absolute Gasteiger partial charge is 0.270 e. The SMILES string of the molecule is C=C(OC)c1nn(COCC[Si](C)(C)C)c2ccc([N+](=O)[O-])cc12. The number of nitro groups is 1. The van der Waals surface area contributed by atoms with Crippen LogP contribution in [0.15, 0.2) is 24.8 Å². The van der Waals surface area contributed by atoms with E-state index < -0.39 is 13.0 Å². The summed E-state index contributed by atoms with van der Waals surface area (Å²) in [5, 5.41) is 16.1. The number of hydrogen-bond donors (Lipinski definition) is 0. The minimum absolute atomic E-state index is 0.00635. The largest absolute Gasteiger partial charge is 0.495 e. The Morgan fingerprint density at radius 1 is 1.42 bits per heavy atom. The maximum Gasteiger partial charge on any atom is 0.270 e. The first-order valence-corrected chi connectivity index (χ1v) is 11.4. The number of aromatic nitrogens is 2. The lowest BCUT2D eigenvalue weighted by Crippen LogP contribution is -2.22.